The van der Waals surface area contributed by atoms with E-state index in [9.17, 15) is 0 Å². The molecule has 17 heavy (non-hydrogen) atoms. The minimum absolute atomic E-state index is 0.331. The first kappa shape index (κ1) is 10.2. The van der Waals surface area contributed by atoms with Crippen LogP contribution in [0.1, 0.15) is 23.7 Å². The highest BCUT2D eigenvalue weighted by atomic mass is 15.0. The molecule has 0 bridgehead atoms. The smallest absolute Gasteiger partial charge is 0.0705 e. The van der Waals surface area contributed by atoms with Crippen molar-refractivity contribution in [1.29, 1.82) is 0 Å². The van der Waals surface area contributed by atoms with Gasteiger partial charge in [0, 0.05) is 30.2 Å². The zero-order valence-corrected chi connectivity index (χ0v) is 9.98. The first-order valence-electron chi connectivity index (χ1n) is 5.90. The summed E-state index contributed by atoms with van der Waals surface area (Å²) in [6, 6.07) is 13.0. The largest absolute Gasteiger partial charge is 0.376 e. The highest BCUT2D eigenvalue weighted by Gasteiger charge is 2.22. The number of anilines is 1. The normalized spacial score (nSPS) is 18.6. The summed E-state index contributed by atoms with van der Waals surface area (Å²) < 4.78 is 2.17. The summed E-state index contributed by atoms with van der Waals surface area (Å²) in [4.78, 5) is 0. The van der Waals surface area contributed by atoms with Crippen molar-refractivity contribution in [2.45, 2.75) is 12.5 Å². The van der Waals surface area contributed by atoms with Crippen molar-refractivity contribution >= 4 is 11.3 Å². The summed E-state index contributed by atoms with van der Waals surface area (Å²) in [7, 11) is 2.08. The molecular weight excluding hydrogens is 208 g/mol. The Bertz CT molecular complexity index is 566. The second-order valence-electron chi connectivity index (χ2n) is 4.59. The van der Waals surface area contributed by atoms with Gasteiger partial charge in [-0.05, 0) is 30.2 Å². The molecule has 2 nitrogen and oxygen atoms in total. The van der Waals surface area contributed by atoms with E-state index in [1.165, 1.54) is 22.5 Å². The SMILES string of the molecule is C=C1CC(c2cccn2C)Nc2ccccc21. The average Bonchev–Trinajstić information content (AvgIpc) is 2.75. The Morgan fingerprint density at radius 1 is 1.24 bits per heavy atom. The van der Waals surface area contributed by atoms with E-state index in [1.807, 2.05) is 0 Å². The molecule has 1 aliphatic heterocycles. The molecule has 1 aliphatic rings. The monoisotopic (exact) mass is 224 g/mol. The van der Waals surface area contributed by atoms with E-state index in [0.717, 1.165) is 6.42 Å². The predicted molar refractivity (Wildman–Crippen MR) is 71.9 cm³/mol. The van der Waals surface area contributed by atoms with Crippen LogP contribution in [0.4, 0.5) is 5.69 Å². The first-order valence-corrected chi connectivity index (χ1v) is 5.90. The van der Waals surface area contributed by atoms with Crippen LogP contribution in [0, 0.1) is 0 Å². The highest BCUT2D eigenvalue weighted by molar-refractivity contribution is 5.78. The van der Waals surface area contributed by atoms with Gasteiger partial charge in [-0.15, -0.1) is 0 Å². The van der Waals surface area contributed by atoms with Crippen molar-refractivity contribution in [1.82, 2.24) is 4.57 Å². The zero-order chi connectivity index (χ0) is 11.8. The van der Waals surface area contributed by atoms with Crippen molar-refractivity contribution < 1.29 is 0 Å². The molecule has 2 heterocycles. The predicted octanol–water partition coefficient (Wildman–Crippen LogP) is 3.60. The number of nitrogens with one attached hydrogen (secondary N) is 1. The van der Waals surface area contributed by atoms with Crippen LogP contribution in [0.2, 0.25) is 0 Å². The minimum atomic E-state index is 0.331. The lowest BCUT2D eigenvalue weighted by Gasteiger charge is -2.29. The lowest BCUT2D eigenvalue weighted by molar-refractivity contribution is 0.706. The molecule has 2 heteroatoms. The third kappa shape index (κ3) is 1.66. The van der Waals surface area contributed by atoms with Crippen LogP contribution in [-0.2, 0) is 7.05 Å². The molecule has 1 unspecified atom stereocenters. The summed E-state index contributed by atoms with van der Waals surface area (Å²) in [6.07, 6.45) is 3.05. The Morgan fingerprint density at radius 2 is 2.06 bits per heavy atom. The summed E-state index contributed by atoms with van der Waals surface area (Å²) >= 11 is 0. The van der Waals surface area contributed by atoms with Gasteiger partial charge in [0.05, 0.1) is 6.04 Å². The first-order chi connectivity index (χ1) is 8.25. The van der Waals surface area contributed by atoms with Crippen molar-refractivity contribution in [3.8, 4) is 0 Å². The molecule has 1 aromatic carbocycles. The number of aromatic nitrogens is 1. The number of para-hydroxylation sites is 1. The standard InChI is InChI=1S/C15H16N2/c1-11-10-14(15-8-5-9-17(15)2)16-13-7-4-3-6-12(11)13/h3-9,14,16H,1,10H2,2H3. The van der Waals surface area contributed by atoms with E-state index in [4.69, 9.17) is 0 Å². The van der Waals surface area contributed by atoms with Crippen molar-refractivity contribution in [2.75, 3.05) is 5.32 Å². The average molecular weight is 224 g/mol. The molecular formula is C15H16N2. The zero-order valence-electron chi connectivity index (χ0n) is 9.98. The third-order valence-electron chi connectivity index (χ3n) is 3.43. The van der Waals surface area contributed by atoms with Crippen LogP contribution in [0.5, 0.6) is 0 Å². The lowest BCUT2D eigenvalue weighted by Crippen LogP contribution is -2.19. The molecule has 86 valence electrons. The topological polar surface area (TPSA) is 17.0 Å². The van der Waals surface area contributed by atoms with Crippen LogP contribution in [0.3, 0.4) is 0 Å². The van der Waals surface area contributed by atoms with E-state index in [-0.39, 0.29) is 0 Å². The number of nitrogens with zero attached hydrogens (tertiary/aromatic N) is 1. The number of aryl methyl sites for hydroxylation is 1. The number of rotatable bonds is 1. The Balaban J connectivity index is 1.99. The van der Waals surface area contributed by atoms with Gasteiger partial charge >= 0.3 is 0 Å². The molecule has 0 amide bonds. The van der Waals surface area contributed by atoms with E-state index in [1.54, 1.807) is 0 Å². The third-order valence-corrected chi connectivity index (χ3v) is 3.43. The molecule has 0 saturated carbocycles. The highest BCUT2D eigenvalue weighted by Crippen LogP contribution is 2.38. The molecule has 0 radical (unpaired) electrons. The van der Waals surface area contributed by atoms with Gasteiger partial charge in [-0.25, -0.2) is 0 Å². The van der Waals surface area contributed by atoms with Gasteiger partial charge in [-0.3, -0.25) is 0 Å². The quantitative estimate of drug-likeness (QED) is 0.783. The van der Waals surface area contributed by atoms with Crippen LogP contribution in [0.25, 0.3) is 5.57 Å². The summed E-state index contributed by atoms with van der Waals surface area (Å²) in [5.41, 5.74) is 4.96. The maximum absolute atomic E-state index is 4.20. The molecule has 1 atom stereocenters. The fourth-order valence-electron chi connectivity index (χ4n) is 2.53. The molecule has 2 aromatic rings. The molecule has 1 N–H and O–H groups in total. The van der Waals surface area contributed by atoms with Gasteiger partial charge in [0.1, 0.15) is 0 Å². The van der Waals surface area contributed by atoms with Crippen molar-refractivity contribution in [3.63, 3.8) is 0 Å². The fraction of sp³-hybridized carbons (Fsp3) is 0.200. The summed E-state index contributed by atoms with van der Waals surface area (Å²) in [5, 5.41) is 3.59. The van der Waals surface area contributed by atoms with E-state index >= 15 is 0 Å². The van der Waals surface area contributed by atoms with Crippen molar-refractivity contribution in [2.24, 2.45) is 7.05 Å². The van der Waals surface area contributed by atoms with Gasteiger partial charge in [0.2, 0.25) is 0 Å². The number of fused-ring (bicyclic) bond motifs is 1. The second-order valence-corrected chi connectivity index (χ2v) is 4.59. The van der Waals surface area contributed by atoms with Crippen LogP contribution >= 0.6 is 0 Å². The summed E-state index contributed by atoms with van der Waals surface area (Å²) in [6.45, 7) is 4.20. The second kappa shape index (κ2) is 3.81. The van der Waals surface area contributed by atoms with E-state index < -0.39 is 0 Å². The Hall–Kier alpha value is -1.96. The number of hydrogen-bond donors (Lipinski definition) is 1. The van der Waals surface area contributed by atoms with Crippen LogP contribution in [-0.4, -0.2) is 4.57 Å². The number of hydrogen-bond acceptors (Lipinski definition) is 1. The van der Waals surface area contributed by atoms with Gasteiger partial charge in [-0.2, -0.15) is 0 Å². The van der Waals surface area contributed by atoms with Crippen molar-refractivity contribution in [3.05, 3.63) is 60.4 Å². The van der Waals surface area contributed by atoms with Crippen LogP contribution < -0.4 is 5.32 Å². The molecule has 1 aromatic heterocycles. The van der Waals surface area contributed by atoms with Gasteiger partial charge < -0.3 is 9.88 Å². The van der Waals surface area contributed by atoms with Gasteiger partial charge in [0.25, 0.3) is 0 Å². The summed E-state index contributed by atoms with van der Waals surface area (Å²) in [5.74, 6) is 0. The molecule has 0 fully saturated rings. The number of benzene rings is 1. The Labute approximate surface area is 102 Å². The molecule has 0 saturated heterocycles. The Morgan fingerprint density at radius 3 is 2.82 bits per heavy atom. The Kier molecular flexibility index (Phi) is 2.29. The molecule has 0 spiro atoms. The maximum atomic E-state index is 4.20. The lowest BCUT2D eigenvalue weighted by atomic mass is 9.92. The molecule has 0 aliphatic carbocycles. The van der Waals surface area contributed by atoms with E-state index in [2.05, 4.69) is 66.1 Å². The molecule has 3 rings (SSSR count). The minimum Gasteiger partial charge on any atom is -0.376 e. The van der Waals surface area contributed by atoms with E-state index in [0.29, 0.717) is 6.04 Å². The van der Waals surface area contributed by atoms with Crippen LogP contribution in [0.15, 0.2) is 49.2 Å². The maximum Gasteiger partial charge on any atom is 0.0705 e. The fourth-order valence-corrected chi connectivity index (χ4v) is 2.53. The van der Waals surface area contributed by atoms with Gasteiger partial charge in [-0.1, -0.05) is 24.8 Å². The van der Waals surface area contributed by atoms with Gasteiger partial charge in [0.15, 0.2) is 0 Å².